The molecule has 1 aliphatic rings. The fourth-order valence-corrected chi connectivity index (χ4v) is 4.54. The van der Waals surface area contributed by atoms with Crippen LogP contribution in [0.3, 0.4) is 0 Å². The minimum Gasteiger partial charge on any atom is -0.410 e. The summed E-state index contributed by atoms with van der Waals surface area (Å²) in [5, 5.41) is 14.3. The fourth-order valence-electron chi connectivity index (χ4n) is 3.36. The van der Waals surface area contributed by atoms with Gasteiger partial charge < -0.3 is 5.21 Å². The van der Waals surface area contributed by atoms with Crippen LogP contribution in [0.4, 0.5) is 5.69 Å². The second kappa shape index (κ2) is 8.41. The Labute approximate surface area is 173 Å². The van der Waals surface area contributed by atoms with Crippen molar-refractivity contribution in [3.05, 3.63) is 95.8 Å². The highest BCUT2D eigenvalue weighted by Gasteiger charge is 2.45. The molecule has 0 bridgehead atoms. The van der Waals surface area contributed by atoms with E-state index < -0.39 is 11.8 Å². The molecule has 0 saturated carbocycles. The molecule has 144 valence electrons. The Hall–Kier alpha value is -3.25. The molecule has 4 rings (SSSR count). The molecule has 1 N–H and O–H groups in total. The van der Waals surface area contributed by atoms with E-state index in [1.54, 1.807) is 24.4 Å². The molecule has 0 amide bonds. The van der Waals surface area contributed by atoms with E-state index in [4.69, 9.17) is 4.99 Å². The number of ketones is 1. The first-order valence-electron chi connectivity index (χ1n) is 9.22. The highest BCUT2D eigenvalue weighted by molar-refractivity contribution is 8.27. The first-order chi connectivity index (χ1) is 14.2. The van der Waals surface area contributed by atoms with E-state index in [0.29, 0.717) is 15.8 Å². The van der Waals surface area contributed by atoms with Crippen molar-refractivity contribution in [3.63, 3.8) is 0 Å². The summed E-state index contributed by atoms with van der Waals surface area (Å²) in [5.41, 5.74) is 3.14. The number of oxime groups is 1. The molecule has 3 aromatic rings. The molecule has 2 heterocycles. The Bertz CT molecular complexity index is 1060. The summed E-state index contributed by atoms with van der Waals surface area (Å²) in [5.74, 6) is -1.16. The van der Waals surface area contributed by atoms with Crippen molar-refractivity contribution in [2.75, 3.05) is 0 Å². The minimum absolute atomic E-state index is 0.142. The average Bonchev–Trinajstić information content (AvgIpc) is 3.13. The highest BCUT2D eigenvalue weighted by Crippen LogP contribution is 2.44. The van der Waals surface area contributed by atoms with E-state index >= 15 is 0 Å². The third-order valence-electron chi connectivity index (χ3n) is 4.80. The van der Waals surface area contributed by atoms with E-state index in [-0.39, 0.29) is 5.78 Å². The number of thioether (sulfide) groups is 1. The zero-order valence-corrected chi connectivity index (χ0v) is 16.6. The Morgan fingerprint density at radius 3 is 2.34 bits per heavy atom. The average molecular weight is 401 g/mol. The predicted molar refractivity (Wildman–Crippen MR) is 116 cm³/mol. The molecule has 6 heteroatoms. The van der Waals surface area contributed by atoms with Crippen LogP contribution in [0.15, 0.2) is 89.1 Å². The van der Waals surface area contributed by atoms with Gasteiger partial charge in [0.2, 0.25) is 0 Å². The number of para-hydroxylation sites is 1. The van der Waals surface area contributed by atoms with Crippen LogP contribution in [-0.2, 0) is 0 Å². The van der Waals surface area contributed by atoms with Gasteiger partial charge in [0.05, 0.1) is 22.6 Å². The molecule has 29 heavy (non-hydrogen) atoms. The van der Waals surface area contributed by atoms with Gasteiger partial charge in [0, 0.05) is 6.20 Å². The maximum absolute atomic E-state index is 13.5. The molecule has 2 aromatic carbocycles. The number of carbonyl (C=O) groups excluding carboxylic acids is 1. The summed E-state index contributed by atoms with van der Waals surface area (Å²) in [4.78, 5) is 22.4. The summed E-state index contributed by atoms with van der Waals surface area (Å²) in [7, 11) is 0. The Morgan fingerprint density at radius 1 is 0.966 bits per heavy atom. The van der Waals surface area contributed by atoms with Gasteiger partial charge in [-0.2, -0.15) is 0 Å². The number of carbonyl (C=O) groups is 1. The third-order valence-corrected chi connectivity index (χ3v) is 5.90. The van der Waals surface area contributed by atoms with Crippen molar-refractivity contribution < 1.29 is 10.0 Å². The van der Waals surface area contributed by atoms with Crippen LogP contribution >= 0.6 is 11.8 Å². The summed E-state index contributed by atoms with van der Waals surface area (Å²) in [6.45, 7) is 2.01. The Morgan fingerprint density at radius 2 is 1.69 bits per heavy atom. The van der Waals surface area contributed by atoms with Gasteiger partial charge in [0.1, 0.15) is 10.7 Å². The van der Waals surface area contributed by atoms with Crippen LogP contribution in [0, 0.1) is 12.8 Å². The second-order valence-electron chi connectivity index (χ2n) is 6.77. The third kappa shape index (κ3) is 3.98. The van der Waals surface area contributed by atoms with Crippen molar-refractivity contribution in [1.82, 2.24) is 4.98 Å². The quantitative estimate of drug-likeness (QED) is 0.369. The highest BCUT2D eigenvalue weighted by atomic mass is 32.2. The van der Waals surface area contributed by atoms with E-state index in [9.17, 15) is 10.0 Å². The lowest BCUT2D eigenvalue weighted by Crippen LogP contribution is -2.26. The van der Waals surface area contributed by atoms with Gasteiger partial charge in [-0.1, -0.05) is 71.0 Å². The summed E-state index contributed by atoms with van der Waals surface area (Å²) >= 11 is 1.25. The van der Waals surface area contributed by atoms with Crippen molar-refractivity contribution >= 4 is 33.3 Å². The standard InChI is InChI=1S/C23H19N3O2S/c1-15-10-12-16(13-11-15)19-20(21(27)18-9-5-6-14-24-18)22(29-23(19)26-28)25-17-7-3-2-4-8-17/h2-14,19-20,28H,1H3. The monoisotopic (exact) mass is 401 g/mol. The molecule has 0 spiro atoms. The molecule has 1 saturated heterocycles. The number of hydrogen-bond donors (Lipinski definition) is 1. The molecule has 1 fully saturated rings. The van der Waals surface area contributed by atoms with Crippen LogP contribution in [0.5, 0.6) is 0 Å². The smallest absolute Gasteiger partial charge is 0.191 e. The summed E-state index contributed by atoms with van der Waals surface area (Å²) in [6, 6.07) is 22.6. The molecule has 0 aliphatic carbocycles. The first kappa shape index (κ1) is 19.1. The normalized spacial score (nSPS) is 21.6. The predicted octanol–water partition coefficient (Wildman–Crippen LogP) is 5.24. The number of pyridine rings is 1. The maximum Gasteiger partial charge on any atom is 0.191 e. The largest absolute Gasteiger partial charge is 0.410 e. The summed E-state index contributed by atoms with van der Waals surface area (Å²) in [6.07, 6.45) is 1.60. The van der Waals surface area contributed by atoms with Crippen LogP contribution in [0.1, 0.15) is 27.5 Å². The van der Waals surface area contributed by atoms with Gasteiger partial charge in [0.15, 0.2) is 5.78 Å². The number of benzene rings is 2. The van der Waals surface area contributed by atoms with Crippen LogP contribution < -0.4 is 0 Å². The number of aryl methyl sites for hydroxylation is 1. The van der Waals surface area contributed by atoms with Gasteiger partial charge in [-0.25, -0.2) is 4.99 Å². The van der Waals surface area contributed by atoms with E-state index in [1.807, 2.05) is 61.5 Å². The van der Waals surface area contributed by atoms with Crippen LogP contribution in [0.2, 0.25) is 0 Å². The lowest BCUT2D eigenvalue weighted by Gasteiger charge is -2.18. The summed E-state index contributed by atoms with van der Waals surface area (Å²) < 4.78 is 0. The first-order valence-corrected chi connectivity index (χ1v) is 10.0. The number of rotatable bonds is 4. The number of nitrogens with zero attached hydrogens (tertiary/aromatic N) is 3. The van der Waals surface area contributed by atoms with Crippen LogP contribution in [-0.4, -0.2) is 26.1 Å². The van der Waals surface area contributed by atoms with Gasteiger partial charge in [-0.05, 0) is 36.8 Å². The van der Waals surface area contributed by atoms with E-state index in [1.165, 1.54) is 11.8 Å². The van der Waals surface area contributed by atoms with Crippen LogP contribution in [0.25, 0.3) is 0 Å². The topological polar surface area (TPSA) is 74.9 Å². The molecule has 1 aliphatic heterocycles. The van der Waals surface area contributed by atoms with Crippen molar-refractivity contribution in [1.29, 1.82) is 0 Å². The molecular formula is C23H19N3O2S. The SMILES string of the molecule is Cc1ccc(C2C(=NO)SC(=Nc3ccccc3)C2C(=O)c2ccccn2)cc1. The Balaban J connectivity index is 1.84. The number of hydrogen-bond acceptors (Lipinski definition) is 6. The fraction of sp³-hybridized carbons (Fsp3) is 0.130. The lowest BCUT2D eigenvalue weighted by atomic mass is 9.83. The molecule has 2 unspecified atom stereocenters. The number of Topliss-reactive ketones (excluding diaryl/α,β-unsaturated/α-hetero) is 1. The van der Waals surface area contributed by atoms with Gasteiger partial charge in [-0.15, -0.1) is 0 Å². The Kier molecular flexibility index (Phi) is 5.53. The van der Waals surface area contributed by atoms with Crippen molar-refractivity contribution in [3.8, 4) is 0 Å². The lowest BCUT2D eigenvalue weighted by molar-refractivity contribution is 0.0947. The van der Waals surface area contributed by atoms with Crippen molar-refractivity contribution in [2.45, 2.75) is 12.8 Å². The van der Waals surface area contributed by atoms with Crippen molar-refractivity contribution in [2.24, 2.45) is 16.1 Å². The van der Waals surface area contributed by atoms with Gasteiger partial charge in [-0.3, -0.25) is 9.78 Å². The minimum atomic E-state index is -0.608. The van der Waals surface area contributed by atoms with Gasteiger partial charge >= 0.3 is 0 Å². The molecule has 0 radical (unpaired) electrons. The van der Waals surface area contributed by atoms with E-state index in [0.717, 1.165) is 16.8 Å². The zero-order valence-electron chi connectivity index (χ0n) is 15.8. The molecule has 2 atom stereocenters. The number of aromatic nitrogens is 1. The van der Waals surface area contributed by atoms with E-state index in [2.05, 4.69) is 10.1 Å². The molecule has 5 nitrogen and oxygen atoms in total. The second-order valence-corrected chi connectivity index (χ2v) is 7.81. The zero-order chi connectivity index (χ0) is 20.2. The molecular weight excluding hydrogens is 382 g/mol. The van der Waals surface area contributed by atoms with Gasteiger partial charge in [0.25, 0.3) is 0 Å². The molecule has 1 aromatic heterocycles. The number of aliphatic imine (C=N–C) groups is 1. The maximum atomic E-state index is 13.5.